The Hall–Kier alpha value is -2.78. The van der Waals surface area contributed by atoms with Crippen molar-refractivity contribution in [3.8, 4) is 11.1 Å². The van der Waals surface area contributed by atoms with E-state index in [1.165, 1.54) is 24.3 Å². The van der Waals surface area contributed by atoms with E-state index in [4.69, 9.17) is 11.6 Å². The summed E-state index contributed by atoms with van der Waals surface area (Å²) in [6.07, 6.45) is 1.17. The molecule has 0 aromatic heterocycles. The van der Waals surface area contributed by atoms with Gasteiger partial charge in [-0.1, -0.05) is 60.1 Å². The normalized spacial score (nSPS) is 11.1. The van der Waals surface area contributed by atoms with Crippen LogP contribution in [0.3, 0.4) is 0 Å². The molecule has 140 valence electrons. The minimum Gasteiger partial charge on any atom is -0.206 e. The Bertz CT molecular complexity index is 1140. The van der Waals surface area contributed by atoms with E-state index in [2.05, 4.69) is 6.07 Å². The Kier molecular flexibility index (Phi) is 5.10. The van der Waals surface area contributed by atoms with Crippen LogP contribution in [0.4, 0.5) is 13.2 Å². The summed E-state index contributed by atoms with van der Waals surface area (Å²) in [5, 5.41) is 2.21. The number of benzene rings is 4. The first-order chi connectivity index (χ1) is 13.5. The second-order valence-electron chi connectivity index (χ2n) is 6.74. The van der Waals surface area contributed by atoms with Gasteiger partial charge in [0.15, 0.2) is 0 Å². The summed E-state index contributed by atoms with van der Waals surface area (Å²) < 4.78 is 42.8. The van der Waals surface area contributed by atoms with Gasteiger partial charge in [0.05, 0.1) is 10.6 Å². The van der Waals surface area contributed by atoms with Crippen molar-refractivity contribution in [2.45, 2.75) is 12.8 Å². The maximum absolute atomic E-state index is 14.6. The third-order valence-corrected chi connectivity index (χ3v) is 5.13. The van der Waals surface area contributed by atoms with Crippen LogP contribution in [0.1, 0.15) is 11.1 Å². The van der Waals surface area contributed by atoms with Crippen LogP contribution >= 0.6 is 11.6 Å². The predicted molar refractivity (Wildman–Crippen MR) is 108 cm³/mol. The Morgan fingerprint density at radius 2 is 1.29 bits per heavy atom. The smallest absolute Gasteiger partial charge is 0.142 e. The molecule has 0 saturated carbocycles. The molecule has 0 atom stereocenters. The molecule has 0 aliphatic rings. The second-order valence-corrected chi connectivity index (χ2v) is 7.15. The largest absolute Gasteiger partial charge is 0.206 e. The molecule has 0 heterocycles. The quantitative estimate of drug-likeness (QED) is 0.338. The van der Waals surface area contributed by atoms with Crippen LogP contribution in [0, 0.1) is 17.5 Å². The lowest BCUT2D eigenvalue weighted by molar-refractivity contribution is 0.585. The van der Waals surface area contributed by atoms with E-state index in [9.17, 15) is 13.2 Å². The van der Waals surface area contributed by atoms with Crippen molar-refractivity contribution >= 4 is 22.4 Å². The van der Waals surface area contributed by atoms with E-state index in [1.807, 2.05) is 36.4 Å². The van der Waals surface area contributed by atoms with Crippen LogP contribution in [0.2, 0.25) is 5.02 Å². The molecule has 4 rings (SSSR count). The fourth-order valence-electron chi connectivity index (χ4n) is 3.38. The van der Waals surface area contributed by atoms with Crippen LogP contribution in [0.15, 0.2) is 72.8 Å². The molecule has 0 spiro atoms. The zero-order valence-electron chi connectivity index (χ0n) is 14.9. The molecule has 0 nitrogen and oxygen atoms in total. The molecule has 0 saturated heterocycles. The van der Waals surface area contributed by atoms with E-state index in [1.54, 1.807) is 0 Å². The average molecular weight is 397 g/mol. The van der Waals surface area contributed by atoms with E-state index < -0.39 is 17.5 Å². The van der Waals surface area contributed by atoms with Gasteiger partial charge >= 0.3 is 0 Å². The zero-order valence-corrected chi connectivity index (χ0v) is 15.6. The number of rotatable bonds is 4. The SMILES string of the molecule is Fc1cc(-c2c(F)cc(CCc3ccc4ccccc4c3)cc2F)ccc1Cl. The number of fused-ring (bicyclic) bond motifs is 1. The lowest BCUT2D eigenvalue weighted by Gasteiger charge is -2.10. The number of aryl methyl sites for hydroxylation is 2. The van der Waals surface area contributed by atoms with Crippen LogP contribution in [0.5, 0.6) is 0 Å². The van der Waals surface area contributed by atoms with Crippen LogP contribution in [-0.4, -0.2) is 0 Å². The molecule has 0 amide bonds. The topological polar surface area (TPSA) is 0 Å². The fourth-order valence-corrected chi connectivity index (χ4v) is 3.50. The van der Waals surface area contributed by atoms with Crippen LogP contribution in [-0.2, 0) is 12.8 Å². The van der Waals surface area contributed by atoms with Crippen molar-refractivity contribution in [2.24, 2.45) is 0 Å². The van der Waals surface area contributed by atoms with Gasteiger partial charge < -0.3 is 0 Å². The highest BCUT2D eigenvalue weighted by atomic mass is 35.5. The van der Waals surface area contributed by atoms with Crippen molar-refractivity contribution in [3.05, 3.63) is 106 Å². The maximum Gasteiger partial charge on any atom is 0.142 e. The summed E-state index contributed by atoms with van der Waals surface area (Å²) in [7, 11) is 0. The van der Waals surface area contributed by atoms with E-state index in [0.717, 1.165) is 22.4 Å². The van der Waals surface area contributed by atoms with Gasteiger partial charge in [0.2, 0.25) is 0 Å². The number of halogens is 4. The highest BCUT2D eigenvalue weighted by Gasteiger charge is 2.15. The monoisotopic (exact) mass is 396 g/mol. The van der Waals surface area contributed by atoms with Crippen molar-refractivity contribution in [2.75, 3.05) is 0 Å². The highest BCUT2D eigenvalue weighted by molar-refractivity contribution is 6.30. The minimum atomic E-state index is -0.713. The molecule has 4 aromatic rings. The van der Waals surface area contributed by atoms with Crippen molar-refractivity contribution in [1.29, 1.82) is 0 Å². The predicted octanol–water partition coefficient (Wildman–Crippen LogP) is 7.36. The third kappa shape index (κ3) is 3.76. The van der Waals surface area contributed by atoms with E-state index >= 15 is 0 Å². The first kappa shape index (κ1) is 18.6. The van der Waals surface area contributed by atoms with Crippen LogP contribution in [0.25, 0.3) is 21.9 Å². The fraction of sp³-hybridized carbons (Fsp3) is 0.0833. The van der Waals surface area contributed by atoms with Crippen LogP contribution < -0.4 is 0 Å². The van der Waals surface area contributed by atoms with Crippen molar-refractivity contribution in [1.82, 2.24) is 0 Å². The Labute approximate surface area is 166 Å². The summed E-state index contributed by atoms with van der Waals surface area (Å²) in [4.78, 5) is 0. The maximum atomic E-state index is 14.6. The Morgan fingerprint density at radius 1 is 0.607 bits per heavy atom. The third-order valence-electron chi connectivity index (χ3n) is 4.83. The van der Waals surface area contributed by atoms with Gasteiger partial charge in [-0.05, 0) is 64.6 Å². The number of hydrogen-bond donors (Lipinski definition) is 0. The molecule has 0 radical (unpaired) electrons. The van der Waals surface area contributed by atoms with Gasteiger partial charge in [-0.3, -0.25) is 0 Å². The highest BCUT2D eigenvalue weighted by Crippen LogP contribution is 2.30. The zero-order chi connectivity index (χ0) is 19.7. The molecule has 0 fully saturated rings. The summed E-state index contributed by atoms with van der Waals surface area (Å²) >= 11 is 5.65. The van der Waals surface area contributed by atoms with Gasteiger partial charge in [0.1, 0.15) is 17.5 Å². The molecule has 0 aliphatic carbocycles. The van der Waals surface area contributed by atoms with Gasteiger partial charge in [-0.15, -0.1) is 0 Å². The van der Waals surface area contributed by atoms with Gasteiger partial charge in [-0.2, -0.15) is 0 Å². The van der Waals surface area contributed by atoms with E-state index in [-0.39, 0.29) is 16.1 Å². The summed E-state index contributed by atoms with van der Waals surface area (Å²) in [5.74, 6) is -2.14. The van der Waals surface area contributed by atoms with Gasteiger partial charge in [0.25, 0.3) is 0 Å². The second kappa shape index (κ2) is 7.69. The molecule has 4 heteroatoms. The lowest BCUT2D eigenvalue weighted by Crippen LogP contribution is -1.97. The Morgan fingerprint density at radius 3 is 2.00 bits per heavy atom. The first-order valence-corrected chi connectivity index (χ1v) is 9.30. The summed E-state index contributed by atoms with van der Waals surface area (Å²) in [6, 6.07) is 20.6. The molecular weight excluding hydrogens is 381 g/mol. The summed E-state index contributed by atoms with van der Waals surface area (Å²) in [5.41, 5.74) is 1.53. The standard InChI is InChI=1S/C24H16ClF3/c25-20-10-9-19(14-21(20)26)24-22(27)12-16(13-23(24)28)6-5-15-7-8-17-3-1-2-4-18(17)11-15/h1-4,7-14H,5-6H2. The van der Waals surface area contributed by atoms with Crippen molar-refractivity contribution < 1.29 is 13.2 Å². The first-order valence-electron chi connectivity index (χ1n) is 8.92. The molecule has 0 N–H and O–H groups in total. The molecule has 0 unspecified atom stereocenters. The average Bonchev–Trinajstić information content (AvgIpc) is 2.68. The minimum absolute atomic E-state index is 0.0865. The summed E-state index contributed by atoms with van der Waals surface area (Å²) in [6.45, 7) is 0. The van der Waals surface area contributed by atoms with Crippen molar-refractivity contribution in [3.63, 3.8) is 0 Å². The molecule has 28 heavy (non-hydrogen) atoms. The molecular formula is C24H16ClF3. The molecule has 0 bridgehead atoms. The number of hydrogen-bond acceptors (Lipinski definition) is 0. The molecule has 4 aromatic carbocycles. The van der Waals surface area contributed by atoms with E-state index in [0.29, 0.717) is 18.4 Å². The van der Waals surface area contributed by atoms with Gasteiger partial charge in [0, 0.05) is 0 Å². The Balaban J connectivity index is 1.57. The lowest BCUT2D eigenvalue weighted by atomic mass is 9.98. The molecule has 0 aliphatic heterocycles. The van der Waals surface area contributed by atoms with Gasteiger partial charge in [-0.25, -0.2) is 13.2 Å².